The summed E-state index contributed by atoms with van der Waals surface area (Å²) in [6, 6.07) is 7.10. The van der Waals surface area contributed by atoms with Crippen LogP contribution in [0.4, 0.5) is 11.6 Å². The molecule has 118 valence electrons. The summed E-state index contributed by atoms with van der Waals surface area (Å²) in [5.41, 5.74) is 2.20. The molecule has 0 fully saturated rings. The Bertz CT molecular complexity index is 1040. The SMILES string of the molecule is O=c1cc(Cn2ncc3cnc(Nc4cccnc4)nc32)cc[nH]1. The van der Waals surface area contributed by atoms with E-state index in [0.717, 1.165) is 16.6 Å². The summed E-state index contributed by atoms with van der Waals surface area (Å²) in [5.74, 6) is 0.461. The zero-order valence-corrected chi connectivity index (χ0v) is 12.5. The zero-order valence-electron chi connectivity index (χ0n) is 12.5. The summed E-state index contributed by atoms with van der Waals surface area (Å²) >= 11 is 0. The maximum Gasteiger partial charge on any atom is 0.248 e. The molecule has 0 atom stereocenters. The van der Waals surface area contributed by atoms with Gasteiger partial charge in [-0.1, -0.05) is 0 Å². The second kappa shape index (κ2) is 5.92. The molecule has 2 N–H and O–H groups in total. The predicted octanol–water partition coefficient (Wildman–Crippen LogP) is 1.70. The van der Waals surface area contributed by atoms with Gasteiger partial charge in [-0.3, -0.25) is 9.78 Å². The van der Waals surface area contributed by atoms with Crippen LogP contribution in [0.25, 0.3) is 11.0 Å². The van der Waals surface area contributed by atoms with E-state index in [1.54, 1.807) is 41.7 Å². The first-order valence-corrected chi connectivity index (χ1v) is 7.31. The highest BCUT2D eigenvalue weighted by atomic mass is 16.1. The maximum absolute atomic E-state index is 11.4. The summed E-state index contributed by atoms with van der Waals surface area (Å²) in [7, 11) is 0. The quantitative estimate of drug-likeness (QED) is 0.594. The highest BCUT2D eigenvalue weighted by Crippen LogP contribution is 2.16. The Hall–Kier alpha value is -3.55. The van der Waals surface area contributed by atoms with Crippen LogP contribution in [0.2, 0.25) is 0 Å². The minimum Gasteiger partial charge on any atom is -0.329 e. The number of rotatable bonds is 4. The Labute approximate surface area is 136 Å². The van der Waals surface area contributed by atoms with E-state index in [1.165, 1.54) is 0 Å². The molecular weight excluding hydrogens is 306 g/mol. The van der Waals surface area contributed by atoms with Crippen LogP contribution >= 0.6 is 0 Å². The number of pyridine rings is 2. The smallest absolute Gasteiger partial charge is 0.248 e. The van der Waals surface area contributed by atoms with Crippen molar-refractivity contribution in [3.63, 3.8) is 0 Å². The molecule has 8 heteroatoms. The van der Waals surface area contributed by atoms with Gasteiger partial charge < -0.3 is 10.3 Å². The topological polar surface area (TPSA) is 101 Å². The number of hydrogen-bond donors (Lipinski definition) is 2. The minimum atomic E-state index is -0.141. The van der Waals surface area contributed by atoms with E-state index >= 15 is 0 Å². The van der Waals surface area contributed by atoms with E-state index in [0.29, 0.717) is 18.1 Å². The molecule has 4 aromatic rings. The molecule has 0 aromatic carbocycles. The number of anilines is 2. The number of aromatic amines is 1. The largest absolute Gasteiger partial charge is 0.329 e. The van der Waals surface area contributed by atoms with Crippen molar-refractivity contribution in [2.24, 2.45) is 0 Å². The lowest BCUT2D eigenvalue weighted by molar-refractivity contribution is 0.702. The molecular formula is C16H13N7O. The van der Waals surface area contributed by atoms with Crippen LogP contribution < -0.4 is 10.9 Å². The molecule has 4 rings (SSSR count). The van der Waals surface area contributed by atoms with Gasteiger partial charge in [0, 0.05) is 24.7 Å². The number of H-pyrrole nitrogens is 1. The molecule has 4 aromatic heterocycles. The lowest BCUT2D eigenvalue weighted by atomic mass is 10.3. The fraction of sp³-hybridized carbons (Fsp3) is 0.0625. The summed E-state index contributed by atoms with van der Waals surface area (Å²) < 4.78 is 1.74. The van der Waals surface area contributed by atoms with E-state index in [2.05, 4.69) is 30.4 Å². The van der Waals surface area contributed by atoms with E-state index in [9.17, 15) is 4.79 Å². The van der Waals surface area contributed by atoms with Crippen molar-refractivity contribution in [1.82, 2.24) is 29.7 Å². The average Bonchev–Trinajstić information content (AvgIpc) is 2.98. The minimum absolute atomic E-state index is 0.141. The second-order valence-corrected chi connectivity index (χ2v) is 5.20. The fourth-order valence-corrected chi connectivity index (χ4v) is 2.37. The van der Waals surface area contributed by atoms with Gasteiger partial charge in [0.25, 0.3) is 0 Å². The van der Waals surface area contributed by atoms with E-state index in [1.807, 2.05) is 18.2 Å². The first-order chi connectivity index (χ1) is 11.8. The third kappa shape index (κ3) is 2.84. The first-order valence-electron chi connectivity index (χ1n) is 7.31. The van der Waals surface area contributed by atoms with Crippen LogP contribution in [0, 0.1) is 0 Å². The molecule has 0 bridgehead atoms. The summed E-state index contributed by atoms with van der Waals surface area (Å²) in [4.78, 5) is 26.8. The molecule has 0 radical (unpaired) electrons. The molecule has 0 spiro atoms. The van der Waals surface area contributed by atoms with Crippen LogP contribution in [0.3, 0.4) is 0 Å². The van der Waals surface area contributed by atoms with Gasteiger partial charge in [-0.25, -0.2) is 9.67 Å². The average molecular weight is 319 g/mol. The lowest BCUT2D eigenvalue weighted by Gasteiger charge is -2.06. The van der Waals surface area contributed by atoms with Gasteiger partial charge in [-0.05, 0) is 23.8 Å². The number of nitrogens with one attached hydrogen (secondary N) is 2. The van der Waals surface area contributed by atoms with Crippen LogP contribution in [0.5, 0.6) is 0 Å². The van der Waals surface area contributed by atoms with Crippen molar-refractivity contribution in [2.45, 2.75) is 6.54 Å². The van der Waals surface area contributed by atoms with Crippen molar-refractivity contribution >= 4 is 22.7 Å². The van der Waals surface area contributed by atoms with Crippen LogP contribution in [-0.4, -0.2) is 29.7 Å². The fourth-order valence-electron chi connectivity index (χ4n) is 2.37. The first kappa shape index (κ1) is 14.1. The zero-order chi connectivity index (χ0) is 16.4. The normalized spacial score (nSPS) is 10.8. The molecule has 0 aliphatic carbocycles. The number of fused-ring (bicyclic) bond motifs is 1. The van der Waals surface area contributed by atoms with Gasteiger partial charge in [0.2, 0.25) is 11.5 Å². The maximum atomic E-state index is 11.4. The van der Waals surface area contributed by atoms with Crippen molar-refractivity contribution in [3.05, 3.63) is 71.2 Å². The van der Waals surface area contributed by atoms with Crippen LogP contribution in [-0.2, 0) is 6.54 Å². The summed E-state index contributed by atoms with van der Waals surface area (Å²) in [6.45, 7) is 0.455. The second-order valence-electron chi connectivity index (χ2n) is 5.20. The van der Waals surface area contributed by atoms with E-state index < -0.39 is 0 Å². The number of nitrogens with zero attached hydrogens (tertiary/aromatic N) is 5. The van der Waals surface area contributed by atoms with Gasteiger partial charge in [-0.15, -0.1) is 0 Å². The lowest BCUT2D eigenvalue weighted by Crippen LogP contribution is -2.09. The molecule has 0 unspecified atom stereocenters. The molecule has 8 nitrogen and oxygen atoms in total. The predicted molar refractivity (Wildman–Crippen MR) is 89.0 cm³/mol. The standard InChI is InChI=1S/C16H13N7O/c24-14-6-11(3-5-18-14)10-23-15-12(8-20-23)7-19-16(22-15)21-13-2-1-4-17-9-13/h1-9H,10H2,(H,18,24)(H,19,21,22). The molecule has 0 aliphatic rings. The van der Waals surface area contributed by atoms with Crippen molar-refractivity contribution in [2.75, 3.05) is 5.32 Å². The van der Waals surface area contributed by atoms with Gasteiger partial charge in [0.05, 0.1) is 30.0 Å². The summed E-state index contributed by atoms with van der Waals surface area (Å²) in [6.07, 6.45) is 8.43. The van der Waals surface area contributed by atoms with Crippen molar-refractivity contribution in [1.29, 1.82) is 0 Å². The molecule has 0 saturated heterocycles. The molecule has 0 saturated carbocycles. The Morgan fingerprint density at radius 2 is 2.17 bits per heavy atom. The van der Waals surface area contributed by atoms with Gasteiger partial charge in [0.1, 0.15) is 0 Å². The van der Waals surface area contributed by atoms with E-state index in [4.69, 9.17) is 0 Å². The van der Waals surface area contributed by atoms with Crippen LogP contribution in [0.15, 0.2) is 60.0 Å². The number of aromatic nitrogens is 6. The third-order valence-corrected chi connectivity index (χ3v) is 3.47. The molecule has 24 heavy (non-hydrogen) atoms. The number of hydrogen-bond acceptors (Lipinski definition) is 6. The molecule has 0 amide bonds. The highest BCUT2D eigenvalue weighted by molar-refractivity contribution is 5.75. The van der Waals surface area contributed by atoms with Gasteiger partial charge in [0.15, 0.2) is 5.65 Å². The Morgan fingerprint density at radius 3 is 3.00 bits per heavy atom. The van der Waals surface area contributed by atoms with Crippen LogP contribution in [0.1, 0.15) is 5.56 Å². The summed E-state index contributed by atoms with van der Waals surface area (Å²) in [5, 5.41) is 8.27. The Balaban J connectivity index is 1.67. The molecule has 4 heterocycles. The van der Waals surface area contributed by atoms with Crippen molar-refractivity contribution in [3.8, 4) is 0 Å². The van der Waals surface area contributed by atoms with E-state index in [-0.39, 0.29) is 5.56 Å². The van der Waals surface area contributed by atoms with Gasteiger partial charge >= 0.3 is 0 Å². The van der Waals surface area contributed by atoms with Crippen molar-refractivity contribution < 1.29 is 0 Å². The van der Waals surface area contributed by atoms with Gasteiger partial charge in [-0.2, -0.15) is 10.1 Å². The Morgan fingerprint density at radius 1 is 1.21 bits per heavy atom. The molecule has 0 aliphatic heterocycles. The monoisotopic (exact) mass is 319 g/mol. The Kier molecular flexibility index (Phi) is 3.47. The highest BCUT2D eigenvalue weighted by Gasteiger charge is 2.08. The third-order valence-electron chi connectivity index (χ3n) is 3.47.